The van der Waals surface area contributed by atoms with Gasteiger partial charge >= 0.3 is 0 Å². The number of rotatable bonds is 4. The van der Waals surface area contributed by atoms with Crippen LogP contribution >= 0.6 is 0 Å². The Kier molecular flexibility index (Phi) is 4.69. The second-order valence-electron chi connectivity index (χ2n) is 8.47. The standard InChI is InChI=1S/C24H29NO5/c1-15-23(17-8-7-16(26-3)11-19(17)27-4)18-12-21-22(29-14-28-21)13-20(18)30-24(15,2)25-9-5-6-10-25/h7-8,11-13,15,23H,5-6,9-10,14H2,1-4H3/t15-,23-,24+/m1/s1. The fourth-order valence-electron chi connectivity index (χ4n) is 5.19. The van der Waals surface area contributed by atoms with Crippen LogP contribution in [0.15, 0.2) is 30.3 Å². The normalized spacial score (nSPS) is 27.5. The third kappa shape index (κ3) is 2.88. The third-order valence-corrected chi connectivity index (χ3v) is 7.01. The topological polar surface area (TPSA) is 49.4 Å². The number of hydrogen-bond acceptors (Lipinski definition) is 6. The lowest BCUT2D eigenvalue weighted by Crippen LogP contribution is -2.57. The summed E-state index contributed by atoms with van der Waals surface area (Å²) in [6.07, 6.45) is 2.41. The van der Waals surface area contributed by atoms with E-state index in [2.05, 4.69) is 30.9 Å². The van der Waals surface area contributed by atoms with Crippen molar-refractivity contribution in [2.45, 2.75) is 38.3 Å². The molecule has 1 fully saturated rings. The van der Waals surface area contributed by atoms with Crippen LogP contribution in [0.1, 0.15) is 43.7 Å². The Morgan fingerprint density at radius 2 is 1.67 bits per heavy atom. The molecule has 30 heavy (non-hydrogen) atoms. The number of hydrogen-bond donors (Lipinski definition) is 0. The summed E-state index contributed by atoms with van der Waals surface area (Å²) in [7, 11) is 3.38. The predicted octanol–water partition coefficient (Wildman–Crippen LogP) is 4.40. The minimum Gasteiger partial charge on any atom is -0.497 e. The maximum Gasteiger partial charge on any atom is 0.231 e. The van der Waals surface area contributed by atoms with Gasteiger partial charge in [-0.3, -0.25) is 4.90 Å². The summed E-state index contributed by atoms with van der Waals surface area (Å²) >= 11 is 0. The summed E-state index contributed by atoms with van der Waals surface area (Å²) in [5.74, 6) is 4.23. The molecule has 2 aromatic rings. The van der Waals surface area contributed by atoms with Crippen LogP contribution in [0.2, 0.25) is 0 Å². The fraction of sp³-hybridized carbons (Fsp3) is 0.500. The minimum atomic E-state index is -0.424. The average Bonchev–Trinajstić information content (AvgIpc) is 3.45. The molecule has 1 saturated heterocycles. The number of benzene rings is 2. The largest absolute Gasteiger partial charge is 0.497 e. The van der Waals surface area contributed by atoms with Crippen molar-refractivity contribution in [2.24, 2.45) is 5.92 Å². The van der Waals surface area contributed by atoms with Crippen LogP contribution in [0, 0.1) is 5.92 Å². The molecule has 3 aliphatic rings. The van der Waals surface area contributed by atoms with E-state index < -0.39 is 5.72 Å². The quantitative estimate of drug-likeness (QED) is 0.743. The van der Waals surface area contributed by atoms with E-state index in [9.17, 15) is 0 Å². The first-order valence-corrected chi connectivity index (χ1v) is 10.6. The maximum atomic E-state index is 6.74. The van der Waals surface area contributed by atoms with Crippen molar-refractivity contribution in [3.8, 4) is 28.7 Å². The van der Waals surface area contributed by atoms with E-state index in [0.29, 0.717) is 0 Å². The van der Waals surface area contributed by atoms with Crippen molar-refractivity contribution < 1.29 is 23.7 Å². The summed E-state index contributed by atoms with van der Waals surface area (Å²) in [6, 6.07) is 10.1. The highest BCUT2D eigenvalue weighted by molar-refractivity contribution is 5.58. The molecule has 0 aliphatic carbocycles. The molecule has 3 heterocycles. The Labute approximate surface area is 177 Å². The van der Waals surface area contributed by atoms with E-state index in [1.165, 1.54) is 12.8 Å². The zero-order valence-electron chi connectivity index (χ0n) is 18.1. The first kappa shape index (κ1) is 19.4. The lowest BCUT2D eigenvalue weighted by atomic mass is 9.73. The molecule has 0 saturated carbocycles. The number of fused-ring (bicyclic) bond motifs is 2. The molecule has 0 bridgehead atoms. The molecule has 3 aliphatic heterocycles. The van der Waals surface area contributed by atoms with Gasteiger partial charge in [-0.15, -0.1) is 0 Å². The van der Waals surface area contributed by atoms with Crippen molar-refractivity contribution in [1.82, 2.24) is 4.90 Å². The zero-order chi connectivity index (χ0) is 20.9. The van der Waals surface area contributed by atoms with Gasteiger partial charge in [-0.05, 0) is 31.9 Å². The third-order valence-electron chi connectivity index (χ3n) is 7.01. The van der Waals surface area contributed by atoms with Gasteiger partial charge in [0.1, 0.15) is 17.2 Å². The Hall–Kier alpha value is -2.60. The smallest absolute Gasteiger partial charge is 0.231 e. The Morgan fingerprint density at radius 1 is 0.933 bits per heavy atom. The summed E-state index contributed by atoms with van der Waals surface area (Å²) in [5.41, 5.74) is 1.80. The molecule has 0 N–H and O–H groups in total. The van der Waals surface area contributed by atoms with Crippen LogP contribution in [-0.4, -0.2) is 44.7 Å². The number of likely N-dealkylation sites (tertiary alicyclic amines) is 1. The molecule has 0 spiro atoms. The Morgan fingerprint density at radius 3 is 2.37 bits per heavy atom. The van der Waals surface area contributed by atoms with Crippen molar-refractivity contribution >= 4 is 0 Å². The van der Waals surface area contributed by atoms with E-state index >= 15 is 0 Å². The number of ether oxygens (including phenoxy) is 5. The molecule has 2 aromatic carbocycles. The molecule has 0 amide bonds. The fourth-order valence-corrected chi connectivity index (χ4v) is 5.19. The van der Waals surface area contributed by atoms with E-state index in [1.807, 2.05) is 18.2 Å². The van der Waals surface area contributed by atoms with E-state index in [4.69, 9.17) is 23.7 Å². The van der Waals surface area contributed by atoms with Crippen LogP contribution < -0.4 is 23.7 Å². The molecule has 0 aromatic heterocycles. The summed E-state index contributed by atoms with van der Waals surface area (Å²) < 4.78 is 29.3. The summed E-state index contributed by atoms with van der Waals surface area (Å²) in [5, 5.41) is 0. The van der Waals surface area contributed by atoms with Crippen LogP contribution in [0.5, 0.6) is 28.7 Å². The van der Waals surface area contributed by atoms with Crippen molar-refractivity contribution in [3.05, 3.63) is 41.5 Å². The SMILES string of the molecule is COc1ccc([C@@H]2c3cc4c(cc3O[C@](C)(N3CCCC3)[C@@H]2C)OCO4)c(OC)c1. The second-order valence-corrected chi connectivity index (χ2v) is 8.47. The van der Waals surface area contributed by atoms with Gasteiger partial charge in [0, 0.05) is 48.2 Å². The van der Waals surface area contributed by atoms with Gasteiger partial charge < -0.3 is 23.7 Å². The predicted molar refractivity (Wildman–Crippen MR) is 113 cm³/mol. The monoisotopic (exact) mass is 411 g/mol. The van der Waals surface area contributed by atoms with Crippen LogP contribution in [0.3, 0.4) is 0 Å². The Balaban J connectivity index is 1.68. The molecule has 0 unspecified atom stereocenters. The molecular weight excluding hydrogens is 382 g/mol. The summed E-state index contributed by atoms with van der Waals surface area (Å²) in [4.78, 5) is 2.48. The molecular formula is C24H29NO5. The highest BCUT2D eigenvalue weighted by Gasteiger charge is 2.50. The highest BCUT2D eigenvalue weighted by atomic mass is 16.7. The molecule has 6 nitrogen and oxygen atoms in total. The molecule has 6 heteroatoms. The maximum absolute atomic E-state index is 6.74. The Bertz CT molecular complexity index is 955. The van der Waals surface area contributed by atoms with Crippen molar-refractivity contribution in [3.63, 3.8) is 0 Å². The van der Waals surface area contributed by atoms with Gasteiger partial charge in [0.25, 0.3) is 0 Å². The molecule has 0 radical (unpaired) electrons. The zero-order valence-corrected chi connectivity index (χ0v) is 18.1. The van der Waals surface area contributed by atoms with Gasteiger partial charge in [0.2, 0.25) is 6.79 Å². The van der Waals surface area contributed by atoms with Gasteiger partial charge in [-0.2, -0.15) is 0 Å². The molecule has 5 rings (SSSR count). The van der Waals surface area contributed by atoms with Gasteiger partial charge in [0.05, 0.1) is 14.2 Å². The van der Waals surface area contributed by atoms with Crippen LogP contribution in [-0.2, 0) is 0 Å². The first-order chi connectivity index (χ1) is 14.5. The lowest BCUT2D eigenvalue weighted by Gasteiger charge is -2.50. The first-order valence-electron chi connectivity index (χ1n) is 10.6. The van der Waals surface area contributed by atoms with Gasteiger partial charge in [-0.1, -0.05) is 13.0 Å². The molecule has 160 valence electrons. The number of nitrogens with zero attached hydrogens (tertiary/aromatic N) is 1. The van der Waals surface area contributed by atoms with Crippen molar-refractivity contribution in [2.75, 3.05) is 34.1 Å². The van der Waals surface area contributed by atoms with Gasteiger partial charge in [-0.25, -0.2) is 0 Å². The molecule has 3 atom stereocenters. The van der Waals surface area contributed by atoms with E-state index in [-0.39, 0.29) is 18.6 Å². The summed E-state index contributed by atoms with van der Waals surface area (Å²) in [6.45, 7) is 6.84. The second kappa shape index (κ2) is 7.27. The van der Waals surface area contributed by atoms with Crippen LogP contribution in [0.25, 0.3) is 0 Å². The lowest BCUT2D eigenvalue weighted by molar-refractivity contribution is -0.114. The minimum absolute atomic E-state index is 0.0784. The number of methoxy groups -OCH3 is 2. The van der Waals surface area contributed by atoms with Crippen LogP contribution in [0.4, 0.5) is 0 Å². The van der Waals surface area contributed by atoms with Crippen molar-refractivity contribution in [1.29, 1.82) is 0 Å². The highest BCUT2D eigenvalue weighted by Crippen LogP contribution is 2.54. The van der Waals surface area contributed by atoms with Gasteiger partial charge in [0.15, 0.2) is 17.2 Å². The van der Waals surface area contributed by atoms with E-state index in [1.54, 1.807) is 14.2 Å². The average molecular weight is 411 g/mol. The van der Waals surface area contributed by atoms with E-state index in [0.717, 1.165) is 53.0 Å².